The zero-order valence-electron chi connectivity index (χ0n) is 12.1. The second-order valence-corrected chi connectivity index (χ2v) is 4.76. The number of carbonyl (C=O) groups is 2. The summed E-state index contributed by atoms with van der Waals surface area (Å²) in [5.41, 5.74) is 2.53. The van der Waals surface area contributed by atoms with Crippen LogP contribution in [0.2, 0.25) is 0 Å². The van der Waals surface area contributed by atoms with E-state index in [9.17, 15) is 14.7 Å². The zero-order valence-corrected chi connectivity index (χ0v) is 12.1. The molecule has 1 atom stereocenters. The molecule has 1 unspecified atom stereocenters. The first kappa shape index (κ1) is 15.1. The Morgan fingerprint density at radius 1 is 1.29 bits per heavy atom. The maximum absolute atomic E-state index is 11.9. The Labute approximate surface area is 121 Å². The number of ether oxygens (including phenoxy) is 2. The van der Waals surface area contributed by atoms with Crippen molar-refractivity contribution in [2.75, 3.05) is 14.2 Å². The molecule has 6 nitrogen and oxygen atoms in total. The molecule has 0 spiro atoms. The molecule has 1 aromatic heterocycles. The monoisotopic (exact) mass is 291 g/mol. The highest BCUT2D eigenvalue weighted by atomic mass is 16.5. The van der Waals surface area contributed by atoms with Gasteiger partial charge in [-0.3, -0.25) is 0 Å². The summed E-state index contributed by atoms with van der Waals surface area (Å²) in [5.74, 6) is -1.29. The van der Waals surface area contributed by atoms with Crippen LogP contribution in [0.1, 0.15) is 21.6 Å². The number of nitrogens with one attached hydrogen (secondary N) is 1. The topological polar surface area (TPSA) is 88.6 Å². The quantitative estimate of drug-likeness (QED) is 0.830. The number of aryl methyl sites for hydroxylation is 1. The molecule has 0 amide bonds. The van der Waals surface area contributed by atoms with Gasteiger partial charge in [0.05, 0.1) is 14.2 Å². The van der Waals surface area contributed by atoms with Crippen LogP contribution in [0.5, 0.6) is 0 Å². The lowest BCUT2D eigenvalue weighted by molar-refractivity contribution is -0.150. The Morgan fingerprint density at radius 2 is 2.00 bits per heavy atom. The normalized spacial score (nSPS) is 12.2. The molecule has 2 aromatic rings. The van der Waals surface area contributed by atoms with Crippen molar-refractivity contribution in [3.63, 3.8) is 0 Å². The standard InChI is InChI=1S/C15H17NO5/c1-8-4-5-11-9(6-8)10(7-12(17)14(18)20-2)13(16-11)15(19)21-3/h4-6,12,16-17H,7H2,1-3H3. The number of hydrogen-bond acceptors (Lipinski definition) is 5. The fourth-order valence-electron chi connectivity index (χ4n) is 2.26. The number of rotatable bonds is 4. The summed E-state index contributed by atoms with van der Waals surface area (Å²) in [4.78, 5) is 26.2. The number of H-pyrrole nitrogens is 1. The number of hydrogen-bond donors (Lipinski definition) is 2. The Morgan fingerprint density at radius 3 is 2.62 bits per heavy atom. The highest BCUT2D eigenvalue weighted by molar-refractivity contribution is 5.98. The summed E-state index contributed by atoms with van der Waals surface area (Å²) in [5, 5.41) is 10.6. The van der Waals surface area contributed by atoms with Crippen molar-refractivity contribution in [3.8, 4) is 0 Å². The van der Waals surface area contributed by atoms with Gasteiger partial charge < -0.3 is 19.6 Å². The van der Waals surface area contributed by atoms with Gasteiger partial charge >= 0.3 is 11.9 Å². The van der Waals surface area contributed by atoms with E-state index >= 15 is 0 Å². The maximum atomic E-state index is 11.9. The first-order valence-corrected chi connectivity index (χ1v) is 6.43. The van der Waals surface area contributed by atoms with E-state index < -0.39 is 18.0 Å². The van der Waals surface area contributed by atoms with Crippen LogP contribution in [0.25, 0.3) is 10.9 Å². The van der Waals surface area contributed by atoms with Crippen LogP contribution in [0.3, 0.4) is 0 Å². The average Bonchev–Trinajstić information content (AvgIpc) is 2.83. The fourth-order valence-corrected chi connectivity index (χ4v) is 2.26. The summed E-state index contributed by atoms with van der Waals surface area (Å²) in [6.45, 7) is 1.92. The third-order valence-electron chi connectivity index (χ3n) is 3.32. The zero-order chi connectivity index (χ0) is 15.6. The van der Waals surface area contributed by atoms with E-state index in [1.807, 2.05) is 25.1 Å². The molecule has 0 aliphatic carbocycles. The van der Waals surface area contributed by atoms with Gasteiger partial charge in [0.15, 0.2) is 6.10 Å². The molecule has 1 heterocycles. The SMILES string of the molecule is COC(=O)c1[nH]c2ccc(C)cc2c1CC(O)C(=O)OC. The second kappa shape index (κ2) is 5.97. The summed E-state index contributed by atoms with van der Waals surface area (Å²) >= 11 is 0. The van der Waals surface area contributed by atoms with E-state index in [2.05, 4.69) is 9.72 Å². The third-order valence-corrected chi connectivity index (χ3v) is 3.32. The molecule has 0 aliphatic heterocycles. The first-order chi connectivity index (χ1) is 9.97. The molecule has 1 aromatic carbocycles. The van der Waals surface area contributed by atoms with E-state index in [1.54, 1.807) is 0 Å². The van der Waals surface area contributed by atoms with Crippen molar-refractivity contribution < 1.29 is 24.2 Å². The van der Waals surface area contributed by atoms with Gasteiger partial charge in [-0.25, -0.2) is 9.59 Å². The summed E-state index contributed by atoms with van der Waals surface area (Å²) in [6.07, 6.45) is -1.36. The predicted molar refractivity (Wildman–Crippen MR) is 76.1 cm³/mol. The van der Waals surface area contributed by atoms with Crippen molar-refractivity contribution in [3.05, 3.63) is 35.0 Å². The molecule has 0 saturated heterocycles. The van der Waals surface area contributed by atoms with E-state index in [0.717, 1.165) is 16.5 Å². The van der Waals surface area contributed by atoms with E-state index in [-0.39, 0.29) is 12.1 Å². The minimum absolute atomic E-state index is 0.0272. The number of benzene rings is 1. The molecule has 2 rings (SSSR count). The van der Waals surface area contributed by atoms with Gasteiger partial charge in [0.2, 0.25) is 0 Å². The van der Waals surface area contributed by atoms with Crippen molar-refractivity contribution in [1.82, 2.24) is 4.98 Å². The molecule has 0 fully saturated rings. The van der Waals surface area contributed by atoms with Gasteiger partial charge in [0, 0.05) is 17.3 Å². The number of aromatic amines is 1. The van der Waals surface area contributed by atoms with Crippen molar-refractivity contribution >= 4 is 22.8 Å². The van der Waals surface area contributed by atoms with Crippen molar-refractivity contribution in [2.24, 2.45) is 0 Å². The summed E-state index contributed by atoms with van der Waals surface area (Å²) in [6, 6.07) is 5.63. The molecule has 112 valence electrons. The number of methoxy groups -OCH3 is 2. The molecular weight excluding hydrogens is 274 g/mol. The van der Waals surface area contributed by atoms with Gasteiger partial charge in [0.1, 0.15) is 5.69 Å². The van der Waals surface area contributed by atoms with Gasteiger partial charge in [-0.1, -0.05) is 11.6 Å². The molecule has 0 saturated carbocycles. The Bertz CT molecular complexity index is 689. The first-order valence-electron chi connectivity index (χ1n) is 6.43. The summed E-state index contributed by atoms with van der Waals surface area (Å²) in [7, 11) is 2.48. The van der Waals surface area contributed by atoms with Crippen molar-refractivity contribution in [2.45, 2.75) is 19.4 Å². The molecule has 0 aliphatic rings. The van der Waals surface area contributed by atoms with E-state index in [1.165, 1.54) is 14.2 Å². The molecule has 0 bridgehead atoms. The van der Waals surface area contributed by atoms with Gasteiger partial charge in [0.25, 0.3) is 0 Å². The number of fused-ring (bicyclic) bond motifs is 1. The maximum Gasteiger partial charge on any atom is 0.354 e. The third kappa shape index (κ3) is 2.90. The highest BCUT2D eigenvalue weighted by Gasteiger charge is 2.24. The van der Waals surface area contributed by atoms with Gasteiger partial charge in [-0.2, -0.15) is 0 Å². The number of aliphatic hydroxyl groups excluding tert-OH is 1. The van der Waals surface area contributed by atoms with Crippen LogP contribution in [0.15, 0.2) is 18.2 Å². The fraction of sp³-hybridized carbons (Fsp3) is 0.333. The summed E-state index contributed by atoms with van der Waals surface area (Å²) < 4.78 is 9.25. The largest absolute Gasteiger partial charge is 0.467 e. The highest BCUT2D eigenvalue weighted by Crippen LogP contribution is 2.26. The molecular formula is C15H17NO5. The molecule has 21 heavy (non-hydrogen) atoms. The molecule has 2 N–H and O–H groups in total. The van der Waals surface area contributed by atoms with Crippen LogP contribution in [0.4, 0.5) is 0 Å². The predicted octanol–water partition coefficient (Wildman–Crippen LogP) is 1.34. The smallest absolute Gasteiger partial charge is 0.354 e. The van der Waals surface area contributed by atoms with Crippen LogP contribution >= 0.6 is 0 Å². The number of carbonyl (C=O) groups excluding carboxylic acids is 2. The minimum Gasteiger partial charge on any atom is -0.467 e. The lowest BCUT2D eigenvalue weighted by atomic mass is 10.0. The van der Waals surface area contributed by atoms with Crippen LogP contribution < -0.4 is 0 Å². The second-order valence-electron chi connectivity index (χ2n) is 4.76. The lowest BCUT2D eigenvalue weighted by Crippen LogP contribution is -2.25. The molecule has 0 radical (unpaired) electrons. The van der Waals surface area contributed by atoms with Crippen LogP contribution in [-0.4, -0.2) is 42.4 Å². The van der Waals surface area contributed by atoms with Crippen LogP contribution in [0, 0.1) is 6.92 Å². The van der Waals surface area contributed by atoms with Gasteiger partial charge in [-0.15, -0.1) is 0 Å². The average molecular weight is 291 g/mol. The Hall–Kier alpha value is -2.34. The lowest BCUT2D eigenvalue weighted by Gasteiger charge is -2.09. The Kier molecular flexibility index (Phi) is 4.28. The minimum atomic E-state index is -1.34. The van der Waals surface area contributed by atoms with E-state index in [0.29, 0.717) is 5.56 Å². The van der Waals surface area contributed by atoms with Crippen LogP contribution in [-0.2, 0) is 20.7 Å². The number of esters is 2. The van der Waals surface area contributed by atoms with E-state index in [4.69, 9.17) is 4.74 Å². The van der Waals surface area contributed by atoms with Gasteiger partial charge in [-0.05, 0) is 24.6 Å². The molecule has 6 heteroatoms. The van der Waals surface area contributed by atoms with Crippen molar-refractivity contribution in [1.29, 1.82) is 0 Å². The number of aliphatic hydroxyl groups is 1. The Balaban J connectivity index is 2.54. The number of aromatic nitrogens is 1.